The molecule has 0 bridgehead atoms. The molecule has 0 spiro atoms. The van der Waals surface area contributed by atoms with Crippen molar-refractivity contribution in [1.29, 1.82) is 0 Å². The molecule has 242 valence electrons. The average molecular weight is 628 g/mol. The quantitative estimate of drug-likeness (QED) is 0.183. The molecule has 4 rings (SSSR count). The number of carbonyl (C=O) groups excluding carboxylic acids is 4. The van der Waals surface area contributed by atoms with Crippen molar-refractivity contribution in [3.8, 4) is 0 Å². The van der Waals surface area contributed by atoms with E-state index < -0.39 is 47.5 Å². The van der Waals surface area contributed by atoms with Gasteiger partial charge in [0.25, 0.3) is 5.91 Å². The van der Waals surface area contributed by atoms with Crippen LogP contribution in [-0.4, -0.2) is 56.3 Å². The lowest BCUT2D eigenvalue weighted by atomic mass is 9.98. The number of anilines is 2. The monoisotopic (exact) mass is 627 g/mol. The molecule has 46 heavy (non-hydrogen) atoms. The van der Waals surface area contributed by atoms with Crippen LogP contribution in [-0.2, 0) is 20.9 Å². The highest BCUT2D eigenvalue weighted by Crippen LogP contribution is 2.33. The van der Waals surface area contributed by atoms with Gasteiger partial charge in [0, 0.05) is 17.9 Å². The van der Waals surface area contributed by atoms with E-state index in [2.05, 4.69) is 16.0 Å². The van der Waals surface area contributed by atoms with Gasteiger partial charge in [-0.25, -0.2) is 14.5 Å². The molecule has 1 heterocycles. The summed E-state index contributed by atoms with van der Waals surface area (Å²) in [6.07, 6.45) is -0.158. The summed E-state index contributed by atoms with van der Waals surface area (Å²) in [6.45, 7) is 9.04. The van der Waals surface area contributed by atoms with Gasteiger partial charge in [0.1, 0.15) is 11.6 Å². The maximum atomic E-state index is 13.9. The number of aliphatic carboxylic acids is 1. The molecular formula is C35H41N5O6. The van der Waals surface area contributed by atoms with Crippen LogP contribution in [0.2, 0.25) is 0 Å². The Balaban J connectivity index is 1.50. The third-order valence-electron chi connectivity index (χ3n) is 8.01. The van der Waals surface area contributed by atoms with Gasteiger partial charge in [-0.15, -0.1) is 0 Å². The Bertz CT molecular complexity index is 1590. The number of hydrogen-bond donors (Lipinski definition) is 4. The lowest BCUT2D eigenvalue weighted by Crippen LogP contribution is -2.52. The van der Waals surface area contributed by atoms with E-state index in [1.54, 1.807) is 68.4 Å². The summed E-state index contributed by atoms with van der Waals surface area (Å²) in [5, 5.41) is 17.9. The first-order valence-corrected chi connectivity index (χ1v) is 15.2. The molecule has 6 amide bonds. The summed E-state index contributed by atoms with van der Waals surface area (Å²) in [7, 11) is 0. The van der Waals surface area contributed by atoms with Crippen molar-refractivity contribution < 1.29 is 29.1 Å². The molecule has 1 unspecified atom stereocenters. The first-order valence-electron chi connectivity index (χ1n) is 15.2. The second-order valence-corrected chi connectivity index (χ2v) is 12.4. The van der Waals surface area contributed by atoms with Gasteiger partial charge in [-0.05, 0) is 68.0 Å². The van der Waals surface area contributed by atoms with Crippen molar-refractivity contribution in [2.45, 2.75) is 71.6 Å². The van der Waals surface area contributed by atoms with Gasteiger partial charge in [0.05, 0.1) is 12.5 Å². The molecule has 0 radical (unpaired) electrons. The minimum Gasteiger partial charge on any atom is -0.481 e. The van der Waals surface area contributed by atoms with Crippen LogP contribution in [0.4, 0.5) is 21.0 Å². The molecule has 0 aromatic heterocycles. The summed E-state index contributed by atoms with van der Waals surface area (Å²) in [5.41, 5.74) is 2.24. The molecule has 3 aromatic carbocycles. The van der Waals surface area contributed by atoms with Crippen LogP contribution in [0.25, 0.3) is 0 Å². The predicted molar refractivity (Wildman–Crippen MR) is 175 cm³/mol. The minimum atomic E-state index is -1.25. The lowest BCUT2D eigenvalue weighted by molar-refractivity contribution is -0.140. The summed E-state index contributed by atoms with van der Waals surface area (Å²) in [5.74, 6) is -2.25. The highest BCUT2D eigenvalue weighted by molar-refractivity contribution is 6.09. The third-order valence-corrected chi connectivity index (χ3v) is 8.01. The normalized spacial score (nSPS) is 15.4. The molecule has 0 aliphatic carbocycles. The molecule has 0 saturated carbocycles. The zero-order chi connectivity index (χ0) is 33.6. The van der Waals surface area contributed by atoms with E-state index in [-0.39, 0.29) is 25.3 Å². The van der Waals surface area contributed by atoms with Gasteiger partial charge in [-0.3, -0.25) is 14.4 Å². The van der Waals surface area contributed by atoms with E-state index in [0.29, 0.717) is 16.9 Å². The van der Waals surface area contributed by atoms with E-state index in [0.717, 1.165) is 16.0 Å². The fourth-order valence-electron chi connectivity index (χ4n) is 5.44. The van der Waals surface area contributed by atoms with E-state index in [1.165, 1.54) is 4.90 Å². The number of amides is 6. The molecule has 1 fully saturated rings. The molecule has 1 saturated heterocycles. The smallest absolute Gasteiger partial charge is 0.328 e. The second kappa shape index (κ2) is 14.3. The number of hydrogen-bond acceptors (Lipinski definition) is 5. The highest BCUT2D eigenvalue weighted by atomic mass is 16.4. The Labute approximate surface area is 269 Å². The van der Waals surface area contributed by atoms with E-state index in [9.17, 15) is 29.1 Å². The zero-order valence-electron chi connectivity index (χ0n) is 26.7. The van der Waals surface area contributed by atoms with Crippen molar-refractivity contribution in [2.75, 3.05) is 10.6 Å². The Kier molecular flexibility index (Phi) is 10.5. The number of imide groups is 1. The SMILES string of the molecule is Cc1ccccc1NC(=O)Nc1ccc(CN2C(=O)N([C@@H](CC(C)C)C(=O)NC(CC(=O)O)c3ccccc3)C(=O)C2(C)C)cc1. The number of carboxylic acids is 1. The summed E-state index contributed by atoms with van der Waals surface area (Å²) in [4.78, 5) is 68.0. The fraction of sp³-hybridized carbons (Fsp3) is 0.343. The van der Waals surface area contributed by atoms with Crippen LogP contribution in [0, 0.1) is 12.8 Å². The standard InChI is InChI=1S/C35H41N5O6/c1-22(2)19-29(31(43)37-28(20-30(41)42)25-12-7-6-8-13-25)40-32(44)35(4,5)39(34(40)46)21-24-15-17-26(18-16-24)36-33(45)38-27-14-10-9-11-23(27)3/h6-18,22,28-29H,19-21H2,1-5H3,(H,37,43)(H,41,42)(H2,36,38,45)/t28?,29-/m0/s1. The number of urea groups is 2. The van der Waals surface area contributed by atoms with Crippen molar-refractivity contribution in [3.63, 3.8) is 0 Å². The van der Waals surface area contributed by atoms with Crippen molar-refractivity contribution >= 4 is 41.2 Å². The molecule has 4 N–H and O–H groups in total. The molecule has 11 nitrogen and oxygen atoms in total. The van der Waals surface area contributed by atoms with Gasteiger partial charge < -0.3 is 26.0 Å². The number of aryl methyl sites for hydroxylation is 1. The number of nitrogens with one attached hydrogen (secondary N) is 3. The number of carboxylic acid groups (broad SMARTS) is 1. The number of rotatable bonds is 12. The van der Waals surface area contributed by atoms with Gasteiger partial charge >= 0.3 is 18.0 Å². The van der Waals surface area contributed by atoms with E-state index in [1.807, 2.05) is 45.0 Å². The zero-order valence-corrected chi connectivity index (χ0v) is 26.7. The van der Waals surface area contributed by atoms with Gasteiger partial charge in [0.2, 0.25) is 5.91 Å². The first kappa shape index (κ1) is 33.7. The third kappa shape index (κ3) is 7.90. The van der Waals surface area contributed by atoms with E-state index >= 15 is 0 Å². The Hall–Kier alpha value is -5.19. The summed E-state index contributed by atoms with van der Waals surface area (Å²) in [6, 6.07) is 20.1. The maximum Gasteiger partial charge on any atom is 0.328 e. The maximum absolute atomic E-state index is 13.9. The van der Waals surface area contributed by atoms with Gasteiger partial charge in [-0.1, -0.05) is 74.5 Å². The van der Waals surface area contributed by atoms with Crippen molar-refractivity contribution in [1.82, 2.24) is 15.1 Å². The number of carbonyl (C=O) groups is 5. The van der Waals surface area contributed by atoms with Crippen LogP contribution in [0.15, 0.2) is 78.9 Å². The summed E-state index contributed by atoms with van der Waals surface area (Å²) < 4.78 is 0. The molecular weight excluding hydrogens is 586 g/mol. The van der Waals surface area contributed by atoms with Crippen molar-refractivity contribution in [3.05, 3.63) is 95.6 Å². The molecule has 11 heteroatoms. The summed E-state index contributed by atoms with van der Waals surface area (Å²) >= 11 is 0. The van der Waals surface area contributed by atoms with Crippen LogP contribution in [0.1, 0.15) is 63.3 Å². The highest BCUT2D eigenvalue weighted by Gasteiger charge is 2.54. The first-order chi connectivity index (χ1) is 21.8. The average Bonchev–Trinajstić information content (AvgIpc) is 3.16. The Morgan fingerprint density at radius 1 is 0.870 bits per heavy atom. The second-order valence-electron chi connectivity index (χ2n) is 12.4. The predicted octanol–water partition coefficient (Wildman–Crippen LogP) is 5.93. The number of para-hydroxylation sites is 1. The lowest BCUT2D eigenvalue weighted by Gasteiger charge is -2.29. The molecule has 1 aliphatic rings. The topological polar surface area (TPSA) is 148 Å². The van der Waals surface area contributed by atoms with Crippen LogP contribution in [0.3, 0.4) is 0 Å². The molecule has 1 aliphatic heterocycles. The minimum absolute atomic E-state index is 0.0498. The van der Waals surface area contributed by atoms with Crippen LogP contribution < -0.4 is 16.0 Å². The number of nitrogens with zero attached hydrogens (tertiary/aromatic N) is 2. The van der Waals surface area contributed by atoms with Crippen molar-refractivity contribution in [2.24, 2.45) is 5.92 Å². The number of benzene rings is 3. The Morgan fingerprint density at radius 2 is 1.50 bits per heavy atom. The molecule has 2 atom stereocenters. The fourth-order valence-corrected chi connectivity index (χ4v) is 5.44. The van der Waals surface area contributed by atoms with Crippen LogP contribution in [0.5, 0.6) is 0 Å². The van der Waals surface area contributed by atoms with Gasteiger partial charge in [0.15, 0.2) is 0 Å². The van der Waals surface area contributed by atoms with Gasteiger partial charge in [-0.2, -0.15) is 0 Å². The van der Waals surface area contributed by atoms with E-state index in [4.69, 9.17) is 0 Å². The largest absolute Gasteiger partial charge is 0.481 e. The van der Waals surface area contributed by atoms with Crippen LogP contribution >= 0.6 is 0 Å². The Morgan fingerprint density at radius 3 is 2.11 bits per heavy atom. The molecule has 3 aromatic rings.